The minimum Gasteiger partial charge on any atom is -0.353 e. The molecule has 5 heterocycles. The summed E-state index contributed by atoms with van der Waals surface area (Å²) in [5, 5.41) is 14.4. The minimum atomic E-state index is -0.588. The van der Waals surface area contributed by atoms with E-state index < -0.39 is 5.82 Å². The van der Waals surface area contributed by atoms with Gasteiger partial charge in [0.1, 0.15) is 12.2 Å². The fourth-order valence-electron chi connectivity index (χ4n) is 7.08. The topological polar surface area (TPSA) is 122 Å². The highest BCUT2D eigenvalue weighted by Gasteiger charge is 2.43. The predicted octanol–water partition coefficient (Wildman–Crippen LogP) is 3.86. The Labute approximate surface area is 229 Å². The van der Waals surface area contributed by atoms with Crippen molar-refractivity contribution in [2.75, 3.05) is 0 Å². The molecule has 3 aliphatic heterocycles. The molecule has 12 heteroatoms. The van der Waals surface area contributed by atoms with E-state index in [9.17, 15) is 9.59 Å². The average Bonchev–Trinajstić information content (AvgIpc) is 3.70. The zero-order chi connectivity index (χ0) is 26.7. The molecule has 3 fully saturated rings. The molecule has 4 aliphatic rings. The van der Waals surface area contributed by atoms with Crippen LogP contribution in [0.3, 0.4) is 0 Å². The molecule has 39 heavy (non-hydrogen) atoms. The molecule has 0 radical (unpaired) electrons. The van der Waals surface area contributed by atoms with Crippen LogP contribution in [0.15, 0.2) is 30.7 Å². The molecular formula is C27H28ClFN8O2. The van der Waals surface area contributed by atoms with Gasteiger partial charge in [-0.05, 0) is 79.0 Å². The van der Waals surface area contributed by atoms with Crippen LogP contribution in [0.5, 0.6) is 0 Å². The van der Waals surface area contributed by atoms with E-state index in [-0.39, 0.29) is 40.5 Å². The maximum absolute atomic E-state index is 15.3. The summed E-state index contributed by atoms with van der Waals surface area (Å²) in [6, 6.07) is 3.19. The van der Waals surface area contributed by atoms with Gasteiger partial charge in [0.15, 0.2) is 5.82 Å². The number of carbonyl (C=O) groups excluding carboxylic acids is 2. The number of benzene rings is 1. The molecule has 5 atom stereocenters. The second-order valence-electron chi connectivity index (χ2n) is 11.1. The number of carbonyl (C=O) groups is 2. The molecule has 0 bridgehead atoms. The number of amides is 2. The van der Waals surface area contributed by atoms with Gasteiger partial charge in [-0.2, -0.15) is 4.68 Å². The summed E-state index contributed by atoms with van der Waals surface area (Å²) < 4.78 is 16.7. The molecule has 3 aromatic rings. The van der Waals surface area contributed by atoms with Crippen LogP contribution >= 0.6 is 11.6 Å². The number of fused-ring (bicyclic) bond motifs is 2. The summed E-state index contributed by atoms with van der Waals surface area (Å²) in [7, 11) is 0. The average molecular weight is 551 g/mol. The van der Waals surface area contributed by atoms with Gasteiger partial charge in [-0.1, -0.05) is 11.6 Å². The van der Waals surface area contributed by atoms with Crippen molar-refractivity contribution in [3.05, 3.63) is 58.7 Å². The van der Waals surface area contributed by atoms with Crippen LogP contribution in [0, 0.1) is 11.7 Å². The van der Waals surface area contributed by atoms with Crippen LogP contribution in [0.2, 0.25) is 5.02 Å². The van der Waals surface area contributed by atoms with Crippen LogP contribution in [-0.4, -0.2) is 59.0 Å². The van der Waals surface area contributed by atoms with E-state index in [1.165, 1.54) is 23.2 Å². The number of aromatic nitrogens is 6. The molecule has 2 N–H and O–H groups in total. The number of rotatable bonds is 4. The lowest BCUT2D eigenvalue weighted by atomic mass is 9.73. The van der Waals surface area contributed by atoms with E-state index in [0.29, 0.717) is 35.9 Å². The van der Waals surface area contributed by atoms with Crippen molar-refractivity contribution >= 4 is 29.0 Å². The van der Waals surface area contributed by atoms with Gasteiger partial charge < -0.3 is 15.2 Å². The highest BCUT2D eigenvalue weighted by molar-refractivity contribution is 6.31. The second-order valence-corrected chi connectivity index (χ2v) is 11.5. The van der Waals surface area contributed by atoms with Gasteiger partial charge in [0.05, 0.1) is 16.8 Å². The molecule has 2 saturated heterocycles. The third kappa shape index (κ3) is 4.23. The van der Waals surface area contributed by atoms with Gasteiger partial charge in [0.2, 0.25) is 11.8 Å². The third-order valence-corrected chi connectivity index (χ3v) is 9.23. The number of halogens is 2. The molecule has 0 spiro atoms. The number of H-pyrrole nitrogens is 1. The Bertz CT molecular complexity index is 1470. The van der Waals surface area contributed by atoms with Crippen molar-refractivity contribution < 1.29 is 14.0 Å². The van der Waals surface area contributed by atoms with Crippen molar-refractivity contribution in [3.8, 4) is 5.69 Å². The Balaban J connectivity index is 1.12. The monoisotopic (exact) mass is 550 g/mol. The number of piperidine rings is 1. The number of hydrogen-bond donors (Lipinski definition) is 2. The highest BCUT2D eigenvalue weighted by Crippen LogP contribution is 2.45. The molecule has 1 saturated carbocycles. The Morgan fingerprint density at radius 2 is 2.00 bits per heavy atom. The number of aromatic amines is 1. The largest absolute Gasteiger partial charge is 0.353 e. The molecule has 2 amide bonds. The van der Waals surface area contributed by atoms with Gasteiger partial charge in [-0.15, -0.1) is 5.10 Å². The normalized spacial score (nSPS) is 28.6. The summed E-state index contributed by atoms with van der Waals surface area (Å²) in [6.45, 7) is 0. The fourth-order valence-corrected chi connectivity index (χ4v) is 7.24. The van der Waals surface area contributed by atoms with Crippen molar-refractivity contribution in [1.29, 1.82) is 0 Å². The Kier molecular flexibility index (Phi) is 5.98. The second kappa shape index (κ2) is 9.55. The van der Waals surface area contributed by atoms with E-state index in [1.54, 1.807) is 6.07 Å². The summed E-state index contributed by atoms with van der Waals surface area (Å²) in [5.41, 5.74) is 2.38. The lowest BCUT2D eigenvalue weighted by Gasteiger charge is -2.39. The van der Waals surface area contributed by atoms with Gasteiger partial charge in [-0.25, -0.2) is 9.37 Å². The SMILES string of the molecule is O=C1CCC2CC(c3cnc([C@@H]4CC[C@H]5CC(c6c(-n7cnnn7)ccc(Cl)c6F)=CC(=O)N54)[nH]3)CCC2N1. The molecule has 2 aromatic heterocycles. The zero-order valence-electron chi connectivity index (χ0n) is 21.2. The van der Waals surface area contributed by atoms with Crippen LogP contribution in [0.4, 0.5) is 4.39 Å². The molecule has 3 unspecified atom stereocenters. The first-order chi connectivity index (χ1) is 19.0. The number of nitrogens with zero attached hydrogens (tertiary/aromatic N) is 6. The first-order valence-corrected chi connectivity index (χ1v) is 13.9. The number of nitrogens with one attached hydrogen (secondary N) is 2. The van der Waals surface area contributed by atoms with Crippen LogP contribution in [-0.2, 0) is 9.59 Å². The van der Waals surface area contributed by atoms with Crippen molar-refractivity contribution in [3.63, 3.8) is 0 Å². The highest BCUT2D eigenvalue weighted by atomic mass is 35.5. The first-order valence-electron chi connectivity index (χ1n) is 13.5. The Morgan fingerprint density at radius 1 is 1.10 bits per heavy atom. The Hall–Kier alpha value is -3.60. The maximum Gasteiger partial charge on any atom is 0.247 e. The summed E-state index contributed by atoms with van der Waals surface area (Å²) in [5.74, 6) is 1.10. The first kappa shape index (κ1) is 24.4. The lowest BCUT2D eigenvalue weighted by molar-refractivity contribution is -0.129. The zero-order valence-corrected chi connectivity index (χ0v) is 21.9. The minimum absolute atomic E-state index is 0.0188. The lowest BCUT2D eigenvalue weighted by Crippen LogP contribution is -2.47. The van der Waals surface area contributed by atoms with E-state index in [2.05, 4.69) is 25.8 Å². The van der Waals surface area contributed by atoms with Gasteiger partial charge in [0.25, 0.3) is 0 Å². The maximum atomic E-state index is 15.3. The van der Waals surface area contributed by atoms with Crippen molar-refractivity contribution in [2.45, 2.75) is 75.4 Å². The van der Waals surface area contributed by atoms with E-state index in [0.717, 1.165) is 50.0 Å². The standard InChI is InChI=1S/C27H28ClFN8O2/c28-18-4-7-21(36-13-31-34-35-36)25(26(18)29)16-10-17-3-6-22(37(17)24(39)11-16)27-30-12-20(33-27)15-1-5-19-14(9-15)2-8-23(38)32-19/h4,7,11-15,17,19,22H,1-3,5-6,8-10H2,(H,30,33)(H,32,38)/t14?,15?,17-,19?,22-/m0/s1. The molecule has 7 rings (SSSR count). The molecule has 1 aromatic carbocycles. The number of imidazole rings is 1. The summed E-state index contributed by atoms with van der Waals surface area (Å²) >= 11 is 6.14. The van der Waals surface area contributed by atoms with Gasteiger partial charge in [-0.3, -0.25) is 9.59 Å². The van der Waals surface area contributed by atoms with Crippen LogP contribution in [0.1, 0.15) is 80.4 Å². The smallest absolute Gasteiger partial charge is 0.247 e. The van der Waals surface area contributed by atoms with Crippen LogP contribution in [0.25, 0.3) is 11.3 Å². The molecule has 202 valence electrons. The third-order valence-electron chi connectivity index (χ3n) is 8.94. The molecule has 10 nitrogen and oxygen atoms in total. The van der Waals surface area contributed by atoms with Crippen molar-refractivity contribution in [2.24, 2.45) is 5.92 Å². The predicted molar refractivity (Wildman–Crippen MR) is 139 cm³/mol. The quantitative estimate of drug-likeness (QED) is 0.509. The van der Waals surface area contributed by atoms with Gasteiger partial charge in [0, 0.05) is 48.0 Å². The number of tetrazole rings is 1. The van der Waals surface area contributed by atoms with Gasteiger partial charge >= 0.3 is 0 Å². The Morgan fingerprint density at radius 3 is 2.85 bits per heavy atom. The number of hydrogen-bond acceptors (Lipinski definition) is 6. The summed E-state index contributed by atoms with van der Waals surface area (Å²) in [6.07, 6.45) is 11.5. The molecular weight excluding hydrogens is 523 g/mol. The van der Waals surface area contributed by atoms with Crippen LogP contribution < -0.4 is 5.32 Å². The summed E-state index contributed by atoms with van der Waals surface area (Å²) in [4.78, 5) is 35.4. The van der Waals surface area contributed by atoms with E-state index in [4.69, 9.17) is 16.6 Å². The van der Waals surface area contributed by atoms with E-state index >= 15 is 4.39 Å². The van der Waals surface area contributed by atoms with E-state index in [1.807, 2.05) is 11.1 Å². The van der Waals surface area contributed by atoms with Crippen molar-refractivity contribution in [1.82, 2.24) is 40.4 Å². The fraction of sp³-hybridized carbons (Fsp3) is 0.481. The molecule has 1 aliphatic carbocycles.